The molecule has 8 heteroatoms. The number of aryl methyl sites for hydroxylation is 1. The van der Waals surface area contributed by atoms with E-state index in [0.717, 1.165) is 0 Å². The summed E-state index contributed by atoms with van der Waals surface area (Å²) in [6.07, 6.45) is 0.641. The molecule has 1 aromatic carbocycles. The first kappa shape index (κ1) is 16.0. The number of anilines is 2. The van der Waals surface area contributed by atoms with Crippen LogP contribution in [0.1, 0.15) is 32.1 Å². The van der Waals surface area contributed by atoms with Gasteiger partial charge in [0.25, 0.3) is 5.91 Å². The molecule has 2 amide bonds. The summed E-state index contributed by atoms with van der Waals surface area (Å²) in [5.74, 6) is 1.06. The minimum Gasteiger partial charge on any atom is -0.492 e. The molecule has 0 aliphatic carbocycles. The first-order valence-corrected chi connectivity index (χ1v) is 7.90. The molecule has 0 fully saturated rings. The van der Waals surface area contributed by atoms with Crippen molar-refractivity contribution in [1.82, 2.24) is 14.8 Å². The Kier molecular flexibility index (Phi) is 4.45. The highest BCUT2D eigenvalue weighted by Gasteiger charge is 2.34. The van der Waals surface area contributed by atoms with Gasteiger partial charge in [-0.05, 0) is 19.1 Å². The summed E-state index contributed by atoms with van der Waals surface area (Å²) in [7, 11) is 0. The molecule has 126 valence electrons. The number of hydrogen-bond acceptors (Lipinski definition) is 5. The van der Waals surface area contributed by atoms with Crippen molar-refractivity contribution in [3.8, 4) is 5.75 Å². The largest absolute Gasteiger partial charge is 0.492 e. The van der Waals surface area contributed by atoms with Crippen LogP contribution in [-0.2, 0) is 16.0 Å². The normalized spacial score (nSPS) is 15.8. The fourth-order valence-electron chi connectivity index (χ4n) is 2.53. The number of rotatable bonds is 6. The number of amides is 2. The van der Waals surface area contributed by atoms with E-state index in [9.17, 15) is 9.59 Å². The number of hydrogen-bond donors (Lipinski definition) is 2. The van der Waals surface area contributed by atoms with Gasteiger partial charge in [-0.1, -0.05) is 19.1 Å². The molecule has 2 N–H and O–H groups in total. The zero-order chi connectivity index (χ0) is 17.1. The molecule has 24 heavy (non-hydrogen) atoms. The Hall–Kier alpha value is -2.90. The monoisotopic (exact) mass is 329 g/mol. The van der Waals surface area contributed by atoms with Crippen molar-refractivity contribution < 1.29 is 14.3 Å². The number of benzene rings is 1. The molecule has 0 saturated heterocycles. The predicted octanol–water partition coefficient (Wildman–Crippen LogP) is 1.76. The van der Waals surface area contributed by atoms with E-state index in [0.29, 0.717) is 36.2 Å². The molecule has 0 bridgehead atoms. The van der Waals surface area contributed by atoms with Gasteiger partial charge in [-0.25, -0.2) is 4.68 Å². The fourth-order valence-corrected chi connectivity index (χ4v) is 2.53. The van der Waals surface area contributed by atoms with Crippen LogP contribution in [0.3, 0.4) is 0 Å². The zero-order valence-corrected chi connectivity index (χ0v) is 13.6. The first-order chi connectivity index (χ1) is 11.6. The quantitative estimate of drug-likeness (QED) is 0.841. The Morgan fingerprint density at radius 1 is 1.38 bits per heavy atom. The third kappa shape index (κ3) is 3.08. The van der Waals surface area contributed by atoms with Gasteiger partial charge in [0.15, 0.2) is 5.82 Å². The van der Waals surface area contributed by atoms with Crippen LogP contribution in [0.15, 0.2) is 24.3 Å². The third-order valence-corrected chi connectivity index (χ3v) is 3.66. The summed E-state index contributed by atoms with van der Waals surface area (Å²) in [6, 6.07) is 6.49. The van der Waals surface area contributed by atoms with Gasteiger partial charge < -0.3 is 10.1 Å². The Labute approximate surface area is 139 Å². The first-order valence-electron chi connectivity index (χ1n) is 7.90. The lowest BCUT2D eigenvalue weighted by Gasteiger charge is -2.13. The highest BCUT2D eigenvalue weighted by molar-refractivity contribution is 6.01. The van der Waals surface area contributed by atoms with Crippen molar-refractivity contribution in [3.05, 3.63) is 30.1 Å². The van der Waals surface area contributed by atoms with Gasteiger partial charge in [0.05, 0.1) is 18.7 Å². The van der Waals surface area contributed by atoms with Gasteiger partial charge in [0, 0.05) is 6.42 Å². The number of ether oxygens (including phenoxy) is 1. The van der Waals surface area contributed by atoms with E-state index >= 15 is 0 Å². The maximum Gasteiger partial charge on any atom is 0.252 e. The van der Waals surface area contributed by atoms with Crippen LogP contribution < -0.4 is 15.4 Å². The van der Waals surface area contributed by atoms with E-state index in [-0.39, 0.29) is 18.2 Å². The van der Waals surface area contributed by atoms with Crippen LogP contribution in [0.2, 0.25) is 0 Å². The van der Waals surface area contributed by atoms with Crippen molar-refractivity contribution in [3.63, 3.8) is 0 Å². The van der Waals surface area contributed by atoms with Crippen LogP contribution in [0.4, 0.5) is 11.6 Å². The molecule has 1 aliphatic rings. The number of nitrogens with zero attached hydrogens (tertiary/aromatic N) is 3. The van der Waals surface area contributed by atoms with Gasteiger partial charge in [-0.2, -0.15) is 10.1 Å². The lowest BCUT2D eigenvalue weighted by molar-refractivity contribution is -0.123. The second-order valence-electron chi connectivity index (χ2n) is 5.34. The zero-order valence-electron chi connectivity index (χ0n) is 13.6. The molecule has 8 nitrogen and oxygen atoms in total. The molecule has 1 aromatic heterocycles. The molecule has 2 aromatic rings. The van der Waals surface area contributed by atoms with E-state index in [1.54, 1.807) is 12.1 Å². The minimum atomic E-state index is -0.688. The van der Waals surface area contributed by atoms with Crippen molar-refractivity contribution in [1.29, 1.82) is 0 Å². The Balaban J connectivity index is 1.72. The molecule has 0 unspecified atom stereocenters. The maximum absolute atomic E-state index is 12.3. The van der Waals surface area contributed by atoms with Crippen molar-refractivity contribution >= 4 is 23.5 Å². The number of carbonyl (C=O) groups excluding carboxylic acids is 2. The van der Waals surface area contributed by atoms with Gasteiger partial charge in [0.2, 0.25) is 11.9 Å². The smallest absolute Gasteiger partial charge is 0.252 e. The third-order valence-electron chi connectivity index (χ3n) is 3.66. The van der Waals surface area contributed by atoms with E-state index in [1.807, 2.05) is 26.0 Å². The molecule has 3 rings (SSSR count). The van der Waals surface area contributed by atoms with E-state index in [4.69, 9.17) is 4.74 Å². The molecule has 2 heterocycles. The van der Waals surface area contributed by atoms with Crippen molar-refractivity contribution in [2.24, 2.45) is 0 Å². The highest BCUT2D eigenvalue weighted by atomic mass is 16.5. The van der Waals surface area contributed by atoms with Crippen LogP contribution in [-0.4, -0.2) is 33.2 Å². The number of nitrogens with one attached hydrogen (secondary N) is 2. The van der Waals surface area contributed by atoms with Crippen molar-refractivity contribution in [2.75, 3.05) is 17.2 Å². The standard InChI is InChI=1S/C16H19N5O3/c1-3-13-18-16-19-15(23)11(21(16)20-13)9-14(22)17-10-7-5-6-8-12(10)24-4-2/h5-8,11H,3-4,9H2,1-2H3,(H,17,22)(H,18,19,20,23)/t11-/m1/s1. The van der Waals surface area contributed by atoms with Gasteiger partial charge >= 0.3 is 0 Å². The van der Waals surface area contributed by atoms with Crippen LogP contribution in [0, 0.1) is 0 Å². The fraction of sp³-hybridized carbons (Fsp3) is 0.375. The Morgan fingerprint density at radius 3 is 2.92 bits per heavy atom. The number of aromatic nitrogens is 3. The number of carbonyl (C=O) groups is 2. The second kappa shape index (κ2) is 6.69. The molecule has 0 spiro atoms. The van der Waals surface area contributed by atoms with E-state index < -0.39 is 6.04 Å². The van der Waals surface area contributed by atoms with Gasteiger partial charge in [-0.3, -0.25) is 14.9 Å². The molecular weight excluding hydrogens is 310 g/mol. The van der Waals surface area contributed by atoms with Crippen molar-refractivity contribution in [2.45, 2.75) is 32.7 Å². The minimum absolute atomic E-state index is 0.0220. The number of fused-ring (bicyclic) bond motifs is 1. The van der Waals surface area contributed by atoms with Crippen LogP contribution in [0.25, 0.3) is 0 Å². The summed E-state index contributed by atoms with van der Waals surface area (Å²) >= 11 is 0. The summed E-state index contributed by atoms with van der Waals surface area (Å²) in [4.78, 5) is 28.6. The van der Waals surface area contributed by atoms with Gasteiger partial charge in [-0.15, -0.1) is 0 Å². The average Bonchev–Trinajstić information content (AvgIpc) is 3.08. The Morgan fingerprint density at radius 2 is 2.17 bits per heavy atom. The van der Waals surface area contributed by atoms with Gasteiger partial charge in [0.1, 0.15) is 11.8 Å². The Bertz CT molecular complexity index is 771. The summed E-state index contributed by atoms with van der Waals surface area (Å²) in [5, 5.41) is 9.70. The SMILES string of the molecule is CCOc1ccccc1NC(=O)C[C@@H]1C(=O)Nc2nc(CC)nn21. The topological polar surface area (TPSA) is 98.1 Å². The molecular formula is C16H19N5O3. The predicted molar refractivity (Wildman–Crippen MR) is 87.9 cm³/mol. The van der Waals surface area contributed by atoms with Crippen LogP contribution >= 0.6 is 0 Å². The van der Waals surface area contributed by atoms with E-state index in [1.165, 1.54) is 4.68 Å². The molecule has 1 aliphatic heterocycles. The lowest BCUT2D eigenvalue weighted by atomic mass is 10.2. The second-order valence-corrected chi connectivity index (χ2v) is 5.34. The summed E-state index contributed by atoms with van der Waals surface area (Å²) in [5.41, 5.74) is 0.579. The average molecular weight is 329 g/mol. The lowest BCUT2D eigenvalue weighted by Crippen LogP contribution is -2.24. The summed E-state index contributed by atoms with van der Waals surface area (Å²) in [6.45, 7) is 4.30. The highest BCUT2D eigenvalue weighted by Crippen LogP contribution is 2.27. The molecule has 0 saturated carbocycles. The van der Waals surface area contributed by atoms with E-state index in [2.05, 4.69) is 20.7 Å². The maximum atomic E-state index is 12.3. The van der Waals surface area contributed by atoms with Crippen LogP contribution in [0.5, 0.6) is 5.75 Å². The molecule has 0 radical (unpaired) electrons. The number of para-hydroxylation sites is 2. The molecule has 1 atom stereocenters. The summed E-state index contributed by atoms with van der Waals surface area (Å²) < 4.78 is 6.96.